The van der Waals surface area contributed by atoms with Gasteiger partial charge in [-0.25, -0.2) is 9.69 Å². The molecule has 3 amide bonds. The molecule has 0 bridgehead atoms. The largest absolute Gasteiger partial charge is 0.465 e. The number of aryl methyl sites for hydroxylation is 2. The van der Waals surface area contributed by atoms with Gasteiger partial charge in [-0.3, -0.25) is 19.3 Å². The SMILES string of the molecule is COC(=O)c1c(N2C(=O)[C@H]3[C@@H](C2=O)[C@@]2(C(=O)Nc4c(C)cccc42)N2CCC[C@@H]32)sc(C)c1C. The van der Waals surface area contributed by atoms with Crippen molar-refractivity contribution in [3.8, 4) is 0 Å². The van der Waals surface area contributed by atoms with Crippen LogP contribution in [0.1, 0.15) is 44.8 Å². The van der Waals surface area contributed by atoms with Gasteiger partial charge in [0.05, 0.1) is 24.5 Å². The number of imide groups is 1. The van der Waals surface area contributed by atoms with Crippen LogP contribution in [0.3, 0.4) is 0 Å². The monoisotopic (exact) mass is 479 g/mol. The number of rotatable bonds is 2. The summed E-state index contributed by atoms with van der Waals surface area (Å²) in [6.07, 6.45) is 1.60. The van der Waals surface area contributed by atoms with Crippen LogP contribution in [0.25, 0.3) is 0 Å². The molecule has 0 aliphatic carbocycles. The van der Waals surface area contributed by atoms with Crippen molar-refractivity contribution < 1.29 is 23.9 Å². The lowest BCUT2D eigenvalue weighted by molar-refractivity contribution is -0.135. The topological polar surface area (TPSA) is 96.0 Å². The Bertz CT molecular complexity index is 1320. The smallest absolute Gasteiger partial charge is 0.341 e. The molecule has 2 aromatic rings. The van der Waals surface area contributed by atoms with Gasteiger partial charge in [0.25, 0.3) is 0 Å². The Morgan fingerprint density at radius 2 is 1.94 bits per heavy atom. The fraction of sp³-hybridized carbons (Fsp3) is 0.440. The number of amides is 3. The molecule has 0 saturated carbocycles. The van der Waals surface area contributed by atoms with Gasteiger partial charge < -0.3 is 10.1 Å². The second-order valence-corrected chi connectivity index (χ2v) is 10.8. The number of ether oxygens (including phenoxy) is 1. The Labute approximate surface area is 200 Å². The third-order valence-corrected chi connectivity index (χ3v) is 9.39. The summed E-state index contributed by atoms with van der Waals surface area (Å²) in [4.78, 5) is 58.6. The van der Waals surface area contributed by atoms with Crippen LogP contribution in [0.15, 0.2) is 18.2 Å². The highest BCUT2D eigenvalue weighted by atomic mass is 32.1. The number of benzene rings is 1. The molecule has 4 atom stereocenters. The molecule has 3 fully saturated rings. The quantitative estimate of drug-likeness (QED) is 0.526. The summed E-state index contributed by atoms with van der Waals surface area (Å²) < 4.78 is 4.98. The first-order valence-corrected chi connectivity index (χ1v) is 12.3. The summed E-state index contributed by atoms with van der Waals surface area (Å²) >= 11 is 1.24. The van der Waals surface area contributed by atoms with E-state index in [2.05, 4.69) is 10.2 Å². The number of esters is 1. The normalized spacial score (nSPS) is 29.6. The minimum Gasteiger partial charge on any atom is -0.465 e. The van der Waals surface area contributed by atoms with Crippen molar-refractivity contribution in [2.75, 3.05) is 23.9 Å². The predicted octanol–water partition coefficient (Wildman–Crippen LogP) is 2.89. The van der Waals surface area contributed by atoms with Gasteiger partial charge >= 0.3 is 5.97 Å². The van der Waals surface area contributed by atoms with Crippen molar-refractivity contribution in [3.05, 3.63) is 45.3 Å². The summed E-state index contributed by atoms with van der Waals surface area (Å²) in [6, 6.07) is 5.53. The van der Waals surface area contributed by atoms with Crippen molar-refractivity contribution in [1.29, 1.82) is 0 Å². The van der Waals surface area contributed by atoms with Crippen LogP contribution in [-0.4, -0.2) is 48.3 Å². The number of para-hydroxylation sites is 1. The molecule has 1 spiro atoms. The molecule has 8 nitrogen and oxygen atoms in total. The van der Waals surface area contributed by atoms with Crippen LogP contribution >= 0.6 is 11.3 Å². The lowest BCUT2D eigenvalue weighted by atomic mass is 9.75. The maximum atomic E-state index is 14.2. The van der Waals surface area contributed by atoms with E-state index in [0.717, 1.165) is 34.5 Å². The van der Waals surface area contributed by atoms with Gasteiger partial charge in [0.15, 0.2) is 0 Å². The Hall–Kier alpha value is -3.04. The first kappa shape index (κ1) is 21.5. The van der Waals surface area contributed by atoms with E-state index in [0.29, 0.717) is 17.1 Å². The van der Waals surface area contributed by atoms with E-state index in [1.54, 1.807) is 6.92 Å². The van der Waals surface area contributed by atoms with Crippen LogP contribution in [-0.2, 0) is 24.7 Å². The molecule has 3 saturated heterocycles. The lowest BCUT2D eigenvalue weighted by Crippen LogP contribution is -2.54. The molecule has 5 heterocycles. The Morgan fingerprint density at radius 1 is 1.18 bits per heavy atom. The highest BCUT2D eigenvalue weighted by Gasteiger charge is 2.75. The van der Waals surface area contributed by atoms with Crippen molar-refractivity contribution in [2.45, 2.75) is 45.2 Å². The summed E-state index contributed by atoms with van der Waals surface area (Å²) in [5, 5.41) is 3.33. The Morgan fingerprint density at radius 3 is 2.68 bits per heavy atom. The highest BCUT2D eigenvalue weighted by molar-refractivity contribution is 7.17. The van der Waals surface area contributed by atoms with E-state index in [-0.39, 0.29) is 23.4 Å². The number of anilines is 2. The minimum atomic E-state index is -1.22. The third-order valence-electron chi connectivity index (χ3n) is 8.20. The van der Waals surface area contributed by atoms with Gasteiger partial charge in [0.1, 0.15) is 10.5 Å². The summed E-state index contributed by atoms with van der Waals surface area (Å²) in [5.74, 6) is -3.05. The number of methoxy groups -OCH3 is 1. The van der Waals surface area contributed by atoms with Gasteiger partial charge in [-0.2, -0.15) is 0 Å². The van der Waals surface area contributed by atoms with Crippen LogP contribution in [0.4, 0.5) is 10.7 Å². The zero-order valence-electron chi connectivity index (χ0n) is 19.4. The summed E-state index contributed by atoms with van der Waals surface area (Å²) in [5.41, 5.74) is 2.15. The van der Waals surface area contributed by atoms with E-state index in [9.17, 15) is 19.2 Å². The molecule has 0 radical (unpaired) electrons. The number of hydrogen-bond donors (Lipinski definition) is 1. The molecule has 1 aromatic carbocycles. The number of nitrogens with zero attached hydrogens (tertiary/aromatic N) is 2. The van der Waals surface area contributed by atoms with Crippen molar-refractivity contribution in [2.24, 2.45) is 11.8 Å². The molecule has 4 aliphatic heterocycles. The average Bonchev–Trinajstić information content (AvgIpc) is 3.56. The average molecular weight is 480 g/mol. The molecule has 1 aromatic heterocycles. The number of hydrogen-bond acceptors (Lipinski definition) is 7. The number of carbonyl (C=O) groups is 4. The van der Waals surface area contributed by atoms with Crippen molar-refractivity contribution in [1.82, 2.24) is 4.90 Å². The van der Waals surface area contributed by atoms with Gasteiger partial charge in [0, 0.05) is 22.2 Å². The maximum Gasteiger partial charge on any atom is 0.341 e. The number of thiophene rings is 1. The molecular weight excluding hydrogens is 454 g/mol. The van der Waals surface area contributed by atoms with Gasteiger partial charge in [-0.15, -0.1) is 11.3 Å². The number of carbonyl (C=O) groups excluding carboxylic acids is 4. The highest BCUT2D eigenvalue weighted by Crippen LogP contribution is 2.61. The van der Waals surface area contributed by atoms with Crippen molar-refractivity contribution in [3.63, 3.8) is 0 Å². The first-order chi connectivity index (χ1) is 16.2. The van der Waals surface area contributed by atoms with Crippen LogP contribution in [0, 0.1) is 32.6 Å². The zero-order valence-corrected chi connectivity index (χ0v) is 20.2. The summed E-state index contributed by atoms with van der Waals surface area (Å²) in [7, 11) is 1.29. The molecule has 176 valence electrons. The standard InChI is InChI=1S/C25H25N3O5S/c1-11-7-5-8-14-19(11)26-24(32)25(14)18-17(15-9-6-10-27(15)25)20(29)28(21(18)30)22-16(23(31)33-4)12(2)13(3)34-22/h5,7-8,15,17-18H,6,9-10H2,1-4H3,(H,26,32)/t15-,17+,18-,25-/m0/s1. The van der Waals surface area contributed by atoms with Crippen molar-refractivity contribution >= 4 is 45.7 Å². The number of nitrogens with one attached hydrogen (secondary N) is 1. The second kappa shape index (κ2) is 6.99. The molecule has 0 unspecified atom stereocenters. The third kappa shape index (κ3) is 2.31. The Kier molecular flexibility index (Phi) is 4.42. The molecule has 6 rings (SSSR count). The molecule has 34 heavy (non-hydrogen) atoms. The lowest BCUT2D eigenvalue weighted by Gasteiger charge is -2.36. The van der Waals surface area contributed by atoms with Gasteiger partial charge in [-0.1, -0.05) is 18.2 Å². The first-order valence-electron chi connectivity index (χ1n) is 11.5. The van der Waals surface area contributed by atoms with Crippen LogP contribution in [0.2, 0.25) is 0 Å². The predicted molar refractivity (Wildman–Crippen MR) is 126 cm³/mol. The Balaban J connectivity index is 1.56. The molecule has 4 aliphatic rings. The molecular formula is C25H25N3O5S. The number of fused-ring (bicyclic) bond motifs is 7. The molecule has 1 N–H and O–H groups in total. The van der Waals surface area contributed by atoms with E-state index in [1.807, 2.05) is 32.0 Å². The van der Waals surface area contributed by atoms with Crippen LogP contribution in [0.5, 0.6) is 0 Å². The van der Waals surface area contributed by atoms with E-state index in [1.165, 1.54) is 23.3 Å². The van der Waals surface area contributed by atoms with Gasteiger partial charge in [0.2, 0.25) is 17.7 Å². The fourth-order valence-electron chi connectivity index (χ4n) is 6.69. The minimum absolute atomic E-state index is 0.201. The summed E-state index contributed by atoms with van der Waals surface area (Å²) in [6.45, 7) is 6.23. The van der Waals surface area contributed by atoms with E-state index >= 15 is 0 Å². The molecule has 9 heteroatoms. The van der Waals surface area contributed by atoms with Crippen LogP contribution < -0.4 is 10.2 Å². The fourth-order valence-corrected chi connectivity index (χ4v) is 7.84. The second-order valence-electron chi connectivity index (χ2n) is 9.59. The maximum absolute atomic E-state index is 14.2. The van der Waals surface area contributed by atoms with Gasteiger partial charge in [-0.05, 0) is 51.3 Å². The van der Waals surface area contributed by atoms with E-state index in [4.69, 9.17) is 4.74 Å². The zero-order chi connectivity index (χ0) is 24.1. The van der Waals surface area contributed by atoms with E-state index < -0.39 is 29.3 Å².